The van der Waals surface area contributed by atoms with Crippen molar-refractivity contribution in [2.75, 3.05) is 19.6 Å². The Bertz CT molecular complexity index is 427. The van der Waals surface area contributed by atoms with Gasteiger partial charge in [0.2, 0.25) is 0 Å². The van der Waals surface area contributed by atoms with E-state index in [1.807, 2.05) is 0 Å². The molecule has 0 saturated carbocycles. The molecule has 18 heavy (non-hydrogen) atoms. The fourth-order valence-electron chi connectivity index (χ4n) is 2.45. The van der Waals surface area contributed by atoms with Crippen molar-refractivity contribution in [1.29, 1.82) is 5.26 Å². The van der Waals surface area contributed by atoms with Crippen molar-refractivity contribution in [2.45, 2.75) is 25.4 Å². The van der Waals surface area contributed by atoms with E-state index < -0.39 is 0 Å². The molecule has 1 fully saturated rings. The summed E-state index contributed by atoms with van der Waals surface area (Å²) in [6.45, 7) is 3.63. The van der Waals surface area contributed by atoms with Gasteiger partial charge in [-0.3, -0.25) is 4.90 Å². The quantitative estimate of drug-likeness (QED) is 0.869. The molecule has 1 aromatic carbocycles. The smallest absolute Gasteiger partial charge is 0.0843 e. The molecule has 2 rings (SSSR count). The highest BCUT2D eigenvalue weighted by molar-refractivity contribution is 9.10. The average Bonchev–Trinajstić information content (AvgIpc) is 2.37. The van der Waals surface area contributed by atoms with Crippen LogP contribution in [0.15, 0.2) is 28.7 Å². The van der Waals surface area contributed by atoms with E-state index in [0.717, 1.165) is 24.1 Å². The first-order valence-corrected chi connectivity index (χ1v) is 7.14. The van der Waals surface area contributed by atoms with Crippen LogP contribution >= 0.6 is 15.9 Å². The summed E-state index contributed by atoms with van der Waals surface area (Å²) >= 11 is 3.51. The molecule has 0 bridgehead atoms. The first-order valence-electron chi connectivity index (χ1n) is 6.35. The summed E-state index contributed by atoms with van der Waals surface area (Å²) in [5.41, 5.74) is 1.34. The summed E-state index contributed by atoms with van der Waals surface area (Å²) in [6.07, 6.45) is 2.38. The number of hydrogen-bond acceptors (Lipinski definition) is 3. The number of rotatable bonds is 4. The SMILES string of the molecule is N#CCNC1CCCN(Cc2cccc(Br)c2)C1. The number of nitrogens with zero attached hydrogens (tertiary/aromatic N) is 2. The fraction of sp³-hybridized carbons (Fsp3) is 0.500. The Morgan fingerprint density at radius 1 is 1.50 bits per heavy atom. The minimum Gasteiger partial charge on any atom is -0.300 e. The Hall–Kier alpha value is -0.890. The Morgan fingerprint density at radius 2 is 2.39 bits per heavy atom. The molecule has 1 aromatic rings. The van der Waals surface area contributed by atoms with Crippen LogP contribution in [0.2, 0.25) is 0 Å². The van der Waals surface area contributed by atoms with Crippen molar-refractivity contribution >= 4 is 15.9 Å². The topological polar surface area (TPSA) is 39.1 Å². The Kier molecular flexibility index (Phi) is 5.18. The molecule has 1 heterocycles. The molecule has 0 amide bonds. The predicted octanol–water partition coefficient (Wildman–Crippen LogP) is 2.53. The lowest BCUT2D eigenvalue weighted by atomic mass is 10.0. The number of benzene rings is 1. The number of nitriles is 1. The highest BCUT2D eigenvalue weighted by Crippen LogP contribution is 2.16. The van der Waals surface area contributed by atoms with Crippen molar-refractivity contribution < 1.29 is 0 Å². The van der Waals surface area contributed by atoms with Gasteiger partial charge in [0.05, 0.1) is 12.6 Å². The van der Waals surface area contributed by atoms with Crippen LogP contribution < -0.4 is 5.32 Å². The van der Waals surface area contributed by atoms with E-state index in [2.05, 4.69) is 56.5 Å². The normalized spacial score (nSPS) is 20.6. The Labute approximate surface area is 117 Å². The maximum Gasteiger partial charge on any atom is 0.0843 e. The monoisotopic (exact) mass is 307 g/mol. The molecule has 1 N–H and O–H groups in total. The van der Waals surface area contributed by atoms with Crippen molar-refractivity contribution in [3.63, 3.8) is 0 Å². The second kappa shape index (κ2) is 6.89. The van der Waals surface area contributed by atoms with Crippen molar-refractivity contribution in [2.24, 2.45) is 0 Å². The molecule has 1 aliphatic rings. The van der Waals surface area contributed by atoms with Gasteiger partial charge in [0.15, 0.2) is 0 Å². The minimum absolute atomic E-state index is 0.454. The van der Waals surface area contributed by atoms with Crippen LogP contribution in [0.5, 0.6) is 0 Å². The van der Waals surface area contributed by atoms with Crippen LogP contribution in [0.25, 0.3) is 0 Å². The zero-order valence-corrected chi connectivity index (χ0v) is 12.0. The van der Waals surface area contributed by atoms with Crippen molar-refractivity contribution in [3.05, 3.63) is 34.3 Å². The maximum atomic E-state index is 8.60. The molecular weight excluding hydrogens is 290 g/mol. The second-order valence-electron chi connectivity index (χ2n) is 4.74. The largest absolute Gasteiger partial charge is 0.300 e. The van der Waals surface area contributed by atoms with Crippen LogP contribution in [0.1, 0.15) is 18.4 Å². The second-order valence-corrected chi connectivity index (χ2v) is 5.66. The van der Waals surface area contributed by atoms with Crippen LogP contribution in [-0.4, -0.2) is 30.6 Å². The van der Waals surface area contributed by atoms with Crippen LogP contribution in [0.4, 0.5) is 0 Å². The third-order valence-electron chi connectivity index (χ3n) is 3.27. The van der Waals surface area contributed by atoms with Crippen LogP contribution in [-0.2, 0) is 6.54 Å². The number of likely N-dealkylation sites (tertiary alicyclic amines) is 1. The molecule has 4 heteroatoms. The zero-order chi connectivity index (χ0) is 12.8. The molecule has 0 aromatic heterocycles. The third-order valence-corrected chi connectivity index (χ3v) is 3.76. The van der Waals surface area contributed by atoms with Gasteiger partial charge in [0.1, 0.15) is 0 Å². The predicted molar refractivity (Wildman–Crippen MR) is 76.1 cm³/mol. The fourth-order valence-corrected chi connectivity index (χ4v) is 2.90. The molecule has 0 radical (unpaired) electrons. The first kappa shape index (κ1) is 13.5. The standard InChI is InChI=1S/C14H18BrN3/c15-13-4-1-3-12(9-13)10-18-8-2-5-14(11-18)17-7-6-16/h1,3-4,9,14,17H,2,5,7-8,10-11H2. The van der Waals surface area contributed by atoms with Gasteiger partial charge >= 0.3 is 0 Å². The molecular formula is C14H18BrN3. The van der Waals surface area contributed by atoms with E-state index in [0.29, 0.717) is 12.6 Å². The minimum atomic E-state index is 0.454. The zero-order valence-electron chi connectivity index (χ0n) is 10.4. The molecule has 1 saturated heterocycles. The average molecular weight is 308 g/mol. The van der Waals surface area contributed by atoms with Gasteiger partial charge in [0, 0.05) is 23.6 Å². The molecule has 1 unspecified atom stereocenters. The van der Waals surface area contributed by atoms with Crippen LogP contribution in [0.3, 0.4) is 0 Å². The van der Waals surface area contributed by atoms with Gasteiger partial charge < -0.3 is 5.32 Å². The van der Waals surface area contributed by atoms with Gasteiger partial charge in [-0.15, -0.1) is 0 Å². The summed E-state index contributed by atoms with van der Waals surface area (Å²) < 4.78 is 1.14. The van der Waals surface area contributed by atoms with E-state index in [4.69, 9.17) is 5.26 Å². The number of halogens is 1. The van der Waals surface area contributed by atoms with Gasteiger partial charge in [0.25, 0.3) is 0 Å². The van der Waals surface area contributed by atoms with Gasteiger partial charge in [-0.2, -0.15) is 5.26 Å². The van der Waals surface area contributed by atoms with E-state index in [9.17, 15) is 0 Å². The van der Waals surface area contributed by atoms with Gasteiger partial charge in [-0.05, 0) is 37.1 Å². The highest BCUT2D eigenvalue weighted by Gasteiger charge is 2.19. The Morgan fingerprint density at radius 3 is 3.17 bits per heavy atom. The lowest BCUT2D eigenvalue weighted by molar-refractivity contribution is 0.186. The number of hydrogen-bond donors (Lipinski definition) is 1. The Balaban J connectivity index is 1.87. The van der Waals surface area contributed by atoms with Gasteiger partial charge in [-0.25, -0.2) is 0 Å². The molecule has 96 valence electrons. The summed E-state index contributed by atoms with van der Waals surface area (Å²) in [7, 11) is 0. The van der Waals surface area contributed by atoms with Crippen molar-refractivity contribution in [1.82, 2.24) is 10.2 Å². The van der Waals surface area contributed by atoms with E-state index in [-0.39, 0.29) is 0 Å². The molecule has 1 atom stereocenters. The lowest BCUT2D eigenvalue weighted by Crippen LogP contribution is -2.45. The number of nitrogens with one attached hydrogen (secondary N) is 1. The summed E-state index contributed by atoms with van der Waals surface area (Å²) in [4.78, 5) is 2.46. The van der Waals surface area contributed by atoms with E-state index in [1.54, 1.807) is 0 Å². The van der Waals surface area contributed by atoms with Gasteiger partial charge in [-0.1, -0.05) is 28.1 Å². The molecule has 0 spiro atoms. The highest BCUT2D eigenvalue weighted by atomic mass is 79.9. The van der Waals surface area contributed by atoms with E-state index >= 15 is 0 Å². The molecule has 1 aliphatic heterocycles. The number of piperidine rings is 1. The first-order chi connectivity index (χ1) is 8.78. The molecule has 3 nitrogen and oxygen atoms in total. The van der Waals surface area contributed by atoms with Crippen LogP contribution in [0, 0.1) is 11.3 Å². The molecule has 0 aliphatic carbocycles. The van der Waals surface area contributed by atoms with Crippen molar-refractivity contribution in [3.8, 4) is 6.07 Å². The summed E-state index contributed by atoms with van der Waals surface area (Å²) in [6, 6.07) is 11.1. The van der Waals surface area contributed by atoms with E-state index in [1.165, 1.54) is 18.4 Å². The summed E-state index contributed by atoms with van der Waals surface area (Å²) in [5.74, 6) is 0. The summed E-state index contributed by atoms with van der Waals surface area (Å²) in [5, 5.41) is 11.9. The lowest BCUT2D eigenvalue weighted by Gasteiger charge is -2.32. The maximum absolute atomic E-state index is 8.60. The third kappa shape index (κ3) is 4.09.